The molecule has 0 aliphatic rings. The van der Waals surface area contributed by atoms with Crippen molar-refractivity contribution in [3.63, 3.8) is 0 Å². The zero-order chi connectivity index (χ0) is 15.0. The Labute approximate surface area is 120 Å². The Bertz CT molecular complexity index is 412. The molecule has 0 radical (unpaired) electrons. The van der Waals surface area contributed by atoms with E-state index in [2.05, 4.69) is 4.74 Å². The van der Waals surface area contributed by atoms with Crippen LogP contribution >= 0.6 is 11.6 Å². The fraction of sp³-hybridized carbons (Fsp3) is 0.462. The minimum Gasteiger partial charge on any atom is -0.362 e. The van der Waals surface area contributed by atoms with Gasteiger partial charge in [0.15, 0.2) is 0 Å². The Morgan fingerprint density at radius 2 is 1.90 bits per heavy atom. The lowest BCUT2D eigenvalue weighted by Crippen LogP contribution is -2.36. The van der Waals surface area contributed by atoms with Gasteiger partial charge >= 0.3 is 6.18 Å². The van der Waals surface area contributed by atoms with Crippen LogP contribution in [0.2, 0.25) is 0 Å². The third-order valence-electron chi connectivity index (χ3n) is 2.41. The Hall–Kier alpha value is -1.27. The number of rotatable bonds is 7. The second-order valence-corrected chi connectivity index (χ2v) is 4.48. The summed E-state index contributed by atoms with van der Waals surface area (Å²) < 4.78 is 40.2. The fourth-order valence-corrected chi connectivity index (χ4v) is 1.75. The molecule has 0 saturated carbocycles. The Morgan fingerprint density at radius 1 is 1.25 bits per heavy atom. The van der Waals surface area contributed by atoms with Gasteiger partial charge in [0.1, 0.15) is 13.2 Å². The number of amides is 1. The van der Waals surface area contributed by atoms with E-state index in [1.54, 1.807) is 0 Å². The zero-order valence-corrected chi connectivity index (χ0v) is 11.5. The molecule has 0 spiro atoms. The van der Waals surface area contributed by atoms with E-state index < -0.39 is 25.3 Å². The third kappa shape index (κ3) is 6.77. The van der Waals surface area contributed by atoms with Gasteiger partial charge in [0, 0.05) is 19.0 Å². The molecule has 0 bridgehead atoms. The van der Waals surface area contributed by atoms with Crippen LogP contribution in [0.1, 0.15) is 5.56 Å². The Kier molecular flexibility index (Phi) is 6.81. The highest BCUT2D eigenvalue weighted by molar-refractivity contribution is 6.18. The molecule has 0 aliphatic heterocycles. The molecular weight excluding hydrogens is 295 g/mol. The number of alkyl halides is 4. The maximum absolute atomic E-state index is 11.9. The third-order valence-corrected chi connectivity index (χ3v) is 2.58. The number of hydrogen-bond donors (Lipinski definition) is 0. The normalized spacial score (nSPS) is 11.4. The van der Waals surface area contributed by atoms with E-state index in [9.17, 15) is 18.0 Å². The summed E-state index contributed by atoms with van der Waals surface area (Å²) in [5.41, 5.74) is 0.877. The number of nitrogens with zero attached hydrogens (tertiary/aromatic N) is 1. The van der Waals surface area contributed by atoms with Crippen molar-refractivity contribution in [2.24, 2.45) is 0 Å². The highest BCUT2D eigenvalue weighted by Gasteiger charge is 2.28. The van der Waals surface area contributed by atoms with E-state index in [0.717, 1.165) is 5.56 Å². The lowest BCUT2D eigenvalue weighted by molar-refractivity contribution is -0.177. The number of carbonyl (C=O) groups excluding carboxylic acids is 1. The standard InChI is InChI=1S/C13H15ClF3NO2/c14-6-7-18(8-11-4-2-1-3-5-11)12(19)9-20-10-13(15,16)17/h1-5H,6-10H2. The number of hydrogen-bond acceptors (Lipinski definition) is 2. The van der Waals surface area contributed by atoms with Gasteiger partial charge < -0.3 is 9.64 Å². The molecule has 0 N–H and O–H groups in total. The second kappa shape index (κ2) is 8.11. The molecule has 1 amide bonds. The first-order chi connectivity index (χ1) is 9.42. The Balaban J connectivity index is 2.50. The first-order valence-corrected chi connectivity index (χ1v) is 6.48. The molecular formula is C13H15ClF3NO2. The summed E-state index contributed by atoms with van der Waals surface area (Å²) in [6.07, 6.45) is -4.43. The lowest BCUT2D eigenvalue weighted by atomic mass is 10.2. The first kappa shape index (κ1) is 16.8. The molecule has 0 aliphatic carbocycles. The molecule has 112 valence electrons. The second-order valence-electron chi connectivity index (χ2n) is 4.10. The van der Waals surface area contributed by atoms with Crippen molar-refractivity contribution in [2.75, 3.05) is 25.6 Å². The largest absolute Gasteiger partial charge is 0.411 e. The molecule has 1 aromatic rings. The Morgan fingerprint density at radius 3 is 2.45 bits per heavy atom. The first-order valence-electron chi connectivity index (χ1n) is 5.94. The smallest absolute Gasteiger partial charge is 0.362 e. The molecule has 3 nitrogen and oxygen atoms in total. The number of carbonyl (C=O) groups is 1. The van der Waals surface area contributed by atoms with Crippen LogP contribution in [0.15, 0.2) is 30.3 Å². The minimum atomic E-state index is -4.43. The van der Waals surface area contributed by atoms with Gasteiger partial charge in [-0.15, -0.1) is 11.6 Å². The summed E-state index contributed by atoms with van der Waals surface area (Å²) in [5.74, 6) is -0.309. The van der Waals surface area contributed by atoms with Crippen molar-refractivity contribution in [1.29, 1.82) is 0 Å². The van der Waals surface area contributed by atoms with Crippen molar-refractivity contribution in [3.05, 3.63) is 35.9 Å². The van der Waals surface area contributed by atoms with Crippen molar-refractivity contribution in [2.45, 2.75) is 12.7 Å². The van der Waals surface area contributed by atoms with Crippen LogP contribution < -0.4 is 0 Å². The van der Waals surface area contributed by atoms with Gasteiger partial charge in [0.05, 0.1) is 0 Å². The van der Waals surface area contributed by atoms with Gasteiger partial charge in [0.25, 0.3) is 0 Å². The van der Waals surface area contributed by atoms with Crippen molar-refractivity contribution in [1.82, 2.24) is 4.90 Å². The van der Waals surface area contributed by atoms with Crippen LogP contribution in [-0.2, 0) is 16.1 Å². The van der Waals surface area contributed by atoms with Crippen LogP contribution in [0, 0.1) is 0 Å². The van der Waals surface area contributed by atoms with Gasteiger partial charge in [-0.2, -0.15) is 13.2 Å². The molecule has 7 heteroatoms. The lowest BCUT2D eigenvalue weighted by Gasteiger charge is -2.22. The molecule has 0 unspecified atom stereocenters. The van der Waals surface area contributed by atoms with Crippen molar-refractivity contribution < 1.29 is 22.7 Å². The predicted octanol–water partition coefficient (Wildman–Crippen LogP) is 2.83. The molecule has 0 fully saturated rings. The highest BCUT2D eigenvalue weighted by atomic mass is 35.5. The monoisotopic (exact) mass is 309 g/mol. The van der Waals surface area contributed by atoms with Crippen LogP contribution in [0.25, 0.3) is 0 Å². The van der Waals surface area contributed by atoms with Gasteiger partial charge in [-0.25, -0.2) is 0 Å². The topological polar surface area (TPSA) is 29.5 Å². The SMILES string of the molecule is O=C(COCC(F)(F)F)N(CCCl)Cc1ccccc1. The molecule has 1 rings (SSSR count). The molecule has 1 aromatic carbocycles. The average molecular weight is 310 g/mol. The maximum atomic E-state index is 11.9. The number of benzene rings is 1. The minimum absolute atomic E-state index is 0.206. The fourth-order valence-electron chi connectivity index (χ4n) is 1.54. The van der Waals surface area contributed by atoms with Gasteiger partial charge in [-0.05, 0) is 5.56 Å². The van der Waals surface area contributed by atoms with E-state index in [-0.39, 0.29) is 12.4 Å². The highest BCUT2D eigenvalue weighted by Crippen LogP contribution is 2.14. The van der Waals surface area contributed by atoms with E-state index in [4.69, 9.17) is 11.6 Å². The summed E-state index contributed by atoms with van der Waals surface area (Å²) >= 11 is 5.60. The number of ether oxygens (including phenoxy) is 1. The predicted molar refractivity (Wildman–Crippen MR) is 69.5 cm³/mol. The van der Waals surface area contributed by atoms with Crippen molar-refractivity contribution >= 4 is 17.5 Å². The summed E-state index contributed by atoms with van der Waals surface area (Å²) in [5, 5.41) is 0. The zero-order valence-electron chi connectivity index (χ0n) is 10.7. The summed E-state index contributed by atoms with van der Waals surface area (Å²) in [4.78, 5) is 13.2. The van der Waals surface area contributed by atoms with E-state index in [1.807, 2.05) is 30.3 Å². The number of halogens is 4. The maximum Gasteiger partial charge on any atom is 0.411 e. The molecule has 0 aromatic heterocycles. The van der Waals surface area contributed by atoms with Gasteiger partial charge in [0.2, 0.25) is 5.91 Å². The van der Waals surface area contributed by atoms with Crippen LogP contribution in [-0.4, -0.2) is 42.6 Å². The van der Waals surface area contributed by atoms with Gasteiger partial charge in [-0.1, -0.05) is 30.3 Å². The van der Waals surface area contributed by atoms with Crippen LogP contribution in [0.4, 0.5) is 13.2 Å². The molecule has 0 heterocycles. The van der Waals surface area contributed by atoms with E-state index in [0.29, 0.717) is 6.54 Å². The van der Waals surface area contributed by atoms with Gasteiger partial charge in [-0.3, -0.25) is 4.79 Å². The average Bonchev–Trinajstić information content (AvgIpc) is 2.38. The summed E-state index contributed by atoms with van der Waals surface area (Å²) in [7, 11) is 0. The van der Waals surface area contributed by atoms with E-state index >= 15 is 0 Å². The van der Waals surface area contributed by atoms with Crippen molar-refractivity contribution in [3.8, 4) is 0 Å². The summed E-state index contributed by atoms with van der Waals surface area (Å²) in [6, 6.07) is 9.12. The molecule has 0 atom stereocenters. The van der Waals surface area contributed by atoms with Crippen LogP contribution in [0.3, 0.4) is 0 Å². The summed E-state index contributed by atoms with van der Waals surface area (Å²) in [6.45, 7) is -1.49. The molecule has 20 heavy (non-hydrogen) atoms. The van der Waals surface area contributed by atoms with Crippen LogP contribution in [0.5, 0.6) is 0 Å². The molecule has 0 saturated heterocycles. The quantitative estimate of drug-likeness (QED) is 0.725. The van der Waals surface area contributed by atoms with E-state index in [1.165, 1.54) is 4.90 Å².